The Morgan fingerprint density at radius 2 is 2.37 bits per heavy atom. The lowest BCUT2D eigenvalue weighted by Gasteiger charge is -2.06. The van der Waals surface area contributed by atoms with E-state index in [-0.39, 0.29) is 5.78 Å². The first-order chi connectivity index (χ1) is 9.33. The van der Waals surface area contributed by atoms with Crippen molar-refractivity contribution in [2.75, 3.05) is 6.61 Å². The van der Waals surface area contributed by atoms with Gasteiger partial charge in [-0.3, -0.25) is 4.79 Å². The molecule has 4 nitrogen and oxygen atoms in total. The molecule has 0 saturated heterocycles. The number of ketones is 1. The van der Waals surface area contributed by atoms with Crippen LogP contribution < -0.4 is 9.45 Å². The van der Waals surface area contributed by atoms with E-state index in [1.807, 2.05) is 33.8 Å². The average Bonchev–Trinajstić information content (AvgIpc) is 2.81. The molecule has 0 fully saturated rings. The zero-order chi connectivity index (χ0) is 13.1. The molecule has 98 valence electrons. The summed E-state index contributed by atoms with van der Waals surface area (Å²) in [6, 6.07) is 5.59. The van der Waals surface area contributed by atoms with Crippen molar-refractivity contribution in [2.24, 2.45) is 0 Å². The van der Waals surface area contributed by atoms with E-state index in [0.29, 0.717) is 24.5 Å². The zero-order valence-electron chi connectivity index (χ0n) is 10.4. The van der Waals surface area contributed by atoms with E-state index in [2.05, 4.69) is 0 Å². The fraction of sp³-hybridized carbons (Fsp3) is 0.286. The Kier molecular flexibility index (Phi) is 3.57. The Bertz CT molecular complexity index is 580. The van der Waals surface area contributed by atoms with Crippen LogP contribution in [0, 0.1) is 0 Å². The Morgan fingerprint density at radius 3 is 3.21 bits per heavy atom. The molecule has 0 radical (unpaired) electrons. The molecular formula is C14H14NO3S+. The number of hydrogen-bond acceptors (Lipinski definition) is 4. The Hall–Kier alpha value is -1.72. The maximum Gasteiger partial charge on any atom is 0.227 e. The summed E-state index contributed by atoms with van der Waals surface area (Å²) in [4.78, 5) is 22.4. The maximum atomic E-state index is 12.2. The van der Waals surface area contributed by atoms with Crippen LogP contribution in [0.25, 0.3) is 0 Å². The van der Waals surface area contributed by atoms with Crippen LogP contribution in [0.1, 0.15) is 22.3 Å². The standard InChI is InChI=1S/C14H14NO3S/c16-13(9-15-5-7-19-10-15)12-4-3-11-2-1-6-17-18-14(11)8-12/h3-5,7-8,10H,1-2,6,9H2/q+1. The predicted octanol–water partition coefficient (Wildman–Crippen LogP) is 2.18. The third-order valence-corrected chi connectivity index (χ3v) is 3.74. The third-order valence-electron chi connectivity index (χ3n) is 3.06. The Morgan fingerprint density at radius 1 is 1.42 bits per heavy atom. The smallest absolute Gasteiger partial charge is 0.227 e. The van der Waals surface area contributed by atoms with Gasteiger partial charge in [0.15, 0.2) is 11.9 Å². The van der Waals surface area contributed by atoms with Crippen LogP contribution in [0.2, 0.25) is 0 Å². The lowest BCUT2D eigenvalue weighted by molar-refractivity contribution is -0.678. The Labute approximate surface area is 115 Å². The van der Waals surface area contributed by atoms with Crippen molar-refractivity contribution in [1.82, 2.24) is 0 Å². The number of hydrogen-bond donors (Lipinski definition) is 0. The minimum absolute atomic E-state index is 0.0686. The van der Waals surface area contributed by atoms with Gasteiger partial charge in [-0.15, -0.1) is 0 Å². The van der Waals surface area contributed by atoms with E-state index >= 15 is 0 Å². The number of carbonyl (C=O) groups is 1. The van der Waals surface area contributed by atoms with Gasteiger partial charge in [-0.25, -0.2) is 0 Å². The van der Waals surface area contributed by atoms with Crippen LogP contribution in [0.15, 0.2) is 35.3 Å². The van der Waals surface area contributed by atoms with E-state index in [1.165, 1.54) is 0 Å². The van der Waals surface area contributed by atoms with Crippen LogP contribution in [0.5, 0.6) is 5.75 Å². The number of nitrogens with zero attached hydrogens (tertiary/aromatic N) is 1. The molecule has 1 aromatic heterocycles. The fourth-order valence-corrected chi connectivity index (χ4v) is 2.65. The predicted molar refractivity (Wildman–Crippen MR) is 70.2 cm³/mol. The molecule has 19 heavy (non-hydrogen) atoms. The molecule has 5 heteroatoms. The van der Waals surface area contributed by atoms with Gasteiger partial charge in [0.25, 0.3) is 0 Å². The van der Waals surface area contributed by atoms with Crippen LogP contribution in [-0.4, -0.2) is 12.4 Å². The summed E-state index contributed by atoms with van der Waals surface area (Å²) in [5.41, 5.74) is 3.67. The lowest BCUT2D eigenvalue weighted by Crippen LogP contribution is -2.34. The summed E-state index contributed by atoms with van der Waals surface area (Å²) in [5, 5.41) is 1.95. The summed E-state index contributed by atoms with van der Waals surface area (Å²) < 4.78 is 1.87. The van der Waals surface area contributed by atoms with Gasteiger partial charge in [0.05, 0.1) is 12.0 Å². The molecule has 1 aliphatic rings. The number of benzene rings is 1. The number of carbonyl (C=O) groups excluding carboxylic acids is 1. The van der Waals surface area contributed by atoms with E-state index < -0.39 is 0 Å². The van der Waals surface area contributed by atoms with Crippen molar-refractivity contribution in [3.8, 4) is 5.75 Å². The monoisotopic (exact) mass is 276 g/mol. The summed E-state index contributed by atoms with van der Waals surface area (Å²) in [6.07, 6.45) is 3.75. The van der Waals surface area contributed by atoms with E-state index in [4.69, 9.17) is 9.78 Å². The summed E-state index contributed by atoms with van der Waals surface area (Å²) in [6.45, 7) is 0.936. The highest BCUT2D eigenvalue weighted by atomic mass is 32.1. The number of Topliss-reactive ketones (excluding diaryl/α,β-unsaturated/α-hetero) is 1. The van der Waals surface area contributed by atoms with Crippen molar-refractivity contribution in [3.05, 3.63) is 46.4 Å². The summed E-state index contributed by atoms with van der Waals surface area (Å²) >= 11 is 1.57. The first-order valence-corrected chi connectivity index (χ1v) is 7.14. The molecule has 1 aliphatic heterocycles. The highest BCUT2D eigenvalue weighted by molar-refractivity contribution is 7.07. The first kappa shape index (κ1) is 12.3. The molecule has 1 aromatic carbocycles. The van der Waals surface area contributed by atoms with Crippen LogP contribution in [0.3, 0.4) is 0 Å². The van der Waals surface area contributed by atoms with Gasteiger partial charge < -0.3 is 4.89 Å². The minimum atomic E-state index is 0.0686. The molecule has 2 heterocycles. The molecule has 0 aliphatic carbocycles. The van der Waals surface area contributed by atoms with E-state index in [9.17, 15) is 4.79 Å². The van der Waals surface area contributed by atoms with Gasteiger partial charge in [0.1, 0.15) is 0 Å². The average molecular weight is 276 g/mol. The normalized spacial score (nSPS) is 14.3. The molecule has 3 rings (SSSR count). The molecule has 0 spiro atoms. The number of fused-ring (bicyclic) bond motifs is 1. The van der Waals surface area contributed by atoms with Crippen LogP contribution >= 0.6 is 11.3 Å². The minimum Gasteiger partial charge on any atom is -0.337 e. The summed E-state index contributed by atoms with van der Waals surface area (Å²) in [5.74, 6) is 0.734. The van der Waals surface area contributed by atoms with Crippen molar-refractivity contribution >= 4 is 17.1 Å². The van der Waals surface area contributed by atoms with Gasteiger partial charge >= 0.3 is 0 Å². The quantitative estimate of drug-likeness (QED) is 0.490. The number of aromatic nitrogens is 1. The third kappa shape index (κ3) is 2.83. The summed E-state index contributed by atoms with van der Waals surface area (Å²) in [7, 11) is 0. The van der Waals surface area contributed by atoms with Gasteiger partial charge in [0, 0.05) is 5.56 Å². The molecule has 2 aromatic rings. The zero-order valence-corrected chi connectivity index (χ0v) is 11.2. The first-order valence-electron chi connectivity index (χ1n) is 6.20. The van der Waals surface area contributed by atoms with Gasteiger partial charge in [-0.1, -0.05) is 23.5 Å². The largest absolute Gasteiger partial charge is 0.337 e. The molecular weight excluding hydrogens is 262 g/mol. The second-order valence-corrected chi connectivity index (χ2v) is 5.21. The molecule has 0 atom stereocenters. The van der Waals surface area contributed by atoms with Crippen molar-refractivity contribution in [3.63, 3.8) is 0 Å². The SMILES string of the molecule is O=C(C[n+]1ccsc1)c1ccc2c(c1)OOCCC2. The molecule has 0 amide bonds. The van der Waals surface area contributed by atoms with E-state index in [0.717, 1.165) is 18.4 Å². The second kappa shape index (κ2) is 5.50. The van der Waals surface area contributed by atoms with Crippen LogP contribution in [0.4, 0.5) is 0 Å². The maximum absolute atomic E-state index is 12.2. The van der Waals surface area contributed by atoms with Gasteiger partial charge in [-0.05, 0) is 24.5 Å². The highest BCUT2D eigenvalue weighted by Gasteiger charge is 2.16. The Balaban J connectivity index is 1.81. The van der Waals surface area contributed by atoms with Gasteiger partial charge in [-0.2, -0.15) is 9.45 Å². The van der Waals surface area contributed by atoms with Crippen LogP contribution in [-0.2, 0) is 17.9 Å². The van der Waals surface area contributed by atoms with E-state index in [1.54, 1.807) is 17.4 Å². The number of aryl methyl sites for hydroxylation is 1. The topological polar surface area (TPSA) is 39.4 Å². The van der Waals surface area contributed by atoms with Crippen molar-refractivity contribution < 1.29 is 19.1 Å². The lowest BCUT2D eigenvalue weighted by atomic mass is 10.0. The second-order valence-electron chi connectivity index (χ2n) is 4.45. The molecule has 0 N–H and O–H groups in total. The fourth-order valence-electron chi connectivity index (χ4n) is 2.05. The number of rotatable bonds is 3. The van der Waals surface area contributed by atoms with Crippen molar-refractivity contribution in [1.29, 1.82) is 0 Å². The van der Waals surface area contributed by atoms with Crippen molar-refractivity contribution in [2.45, 2.75) is 19.4 Å². The number of thiazole rings is 1. The van der Waals surface area contributed by atoms with Gasteiger partial charge in [0.2, 0.25) is 17.8 Å². The molecule has 0 bridgehead atoms. The highest BCUT2D eigenvalue weighted by Crippen LogP contribution is 2.24. The molecule has 0 saturated carbocycles. The molecule has 0 unspecified atom stereocenters.